The number of hydrogen-bond donors (Lipinski definition) is 2. The van der Waals surface area contributed by atoms with Crippen molar-refractivity contribution < 1.29 is 5.11 Å². The van der Waals surface area contributed by atoms with Gasteiger partial charge in [0.15, 0.2) is 0 Å². The third-order valence-electron chi connectivity index (χ3n) is 4.05. The summed E-state index contributed by atoms with van der Waals surface area (Å²) >= 11 is 0. The van der Waals surface area contributed by atoms with Crippen LogP contribution in [0.4, 0.5) is 0 Å². The molecule has 0 bridgehead atoms. The van der Waals surface area contributed by atoms with E-state index in [0.29, 0.717) is 12.5 Å². The van der Waals surface area contributed by atoms with Gasteiger partial charge < -0.3 is 10.1 Å². The van der Waals surface area contributed by atoms with Gasteiger partial charge in [-0.05, 0) is 43.4 Å². The van der Waals surface area contributed by atoms with E-state index < -0.39 is 5.60 Å². The first kappa shape index (κ1) is 10.4. The zero-order valence-corrected chi connectivity index (χ0v) is 10.1. The normalized spacial score (nSPS) is 21.4. The fraction of sp³-hybridized carbons (Fsp3) is 0.500. The smallest absolute Gasteiger partial charge is 0.326 e. The maximum Gasteiger partial charge on any atom is 0.326 e. The van der Waals surface area contributed by atoms with E-state index in [1.54, 1.807) is 0 Å². The molecule has 0 unspecified atom stereocenters. The van der Waals surface area contributed by atoms with E-state index in [4.69, 9.17) is 0 Å². The molecular formula is C14H16N2O2. The number of aliphatic hydroxyl groups is 1. The number of aromatic nitrogens is 2. The number of benzene rings is 1. The topological polar surface area (TPSA) is 58.0 Å². The lowest BCUT2D eigenvalue weighted by molar-refractivity contribution is 0.151. The van der Waals surface area contributed by atoms with Crippen LogP contribution in [0.3, 0.4) is 0 Å². The van der Waals surface area contributed by atoms with E-state index in [-0.39, 0.29) is 5.69 Å². The predicted molar refractivity (Wildman–Crippen MR) is 68.7 cm³/mol. The molecule has 0 aliphatic heterocycles. The second kappa shape index (κ2) is 3.26. The van der Waals surface area contributed by atoms with Gasteiger partial charge in [0.2, 0.25) is 0 Å². The Morgan fingerprint density at radius 1 is 1.39 bits per heavy atom. The van der Waals surface area contributed by atoms with E-state index in [2.05, 4.69) is 4.98 Å². The van der Waals surface area contributed by atoms with Gasteiger partial charge in [0.1, 0.15) is 0 Å². The highest BCUT2D eigenvalue weighted by atomic mass is 16.3. The van der Waals surface area contributed by atoms with Crippen molar-refractivity contribution in [2.45, 2.75) is 43.7 Å². The Bertz CT molecular complexity index is 675. The second-order valence-corrected chi connectivity index (χ2v) is 5.78. The van der Waals surface area contributed by atoms with Gasteiger partial charge in [0.25, 0.3) is 0 Å². The van der Waals surface area contributed by atoms with Crippen molar-refractivity contribution in [2.75, 3.05) is 0 Å². The van der Waals surface area contributed by atoms with Gasteiger partial charge in [-0.25, -0.2) is 4.79 Å². The minimum atomic E-state index is -0.479. The molecular weight excluding hydrogens is 228 g/mol. The van der Waals surface area contributed by atoms with Crippen LogP contribution in [0.1, 0.15) is 37.3 Å². The molecule has 2 aliphatic carbocycles. The molecule has 2 aromatic rings. The third kappa shape index (κ3) is 1.60. The first-order valence-corrected chi connectivity index (χ1v) is 6.60. The average Bonchev–Trinajstić information content (AvgIpc) is 3.22. The molecule has 94 valence electrons. The van der Waals surface area contributed by atoms with Crippen molar-refractivity contribution in [3.63, 3.8) is 0 Å². The number of nitrogens with one attached hydrogen (secondary N) is 1. The standard InChI is InChI=1S/C14H16N2O2/c17-13-15-11-7-9(8-14(18)5-6-14)1-4-12(11)16(13)10-2-3-10/h1,4,7,10,18H,2-3,5-6,8H2,(H,15,17). The number of nitrogens with zero attached hydrogens (tertiary/aromatic N) is 1. The molecule has 4 rings (SSSR count). The van der Waals surface area contributed by atoms with E-state index in [9.17, 15) is 9.90 Å². The molecule has 0 saturated heterocycles. The number of hydrogen-bond acceptors (Lipinski definition) is 2. The molecule has 0 spiro atoms. The maximum atomic E-state index is 11.9. The van der Waals surface area contributed by atoms with Crippen LogP contribution in [0.2, 0.25) is 0 Å². The number of fused-ring (bicyclic) bond motifs is 1. The van der Waals surface area contributed by atoms with Crippen LogP contribution in [0.25, 0.3) is 11.0 Å². The van der Waals surface area contributed by atoms with E-state index in [1.165, 1.54) is 0 Å². The Labute approximate surface area is 104 Å². The Morgan fingerprint density at radius 2 is 2.17 bits per heavy atom. The lowest BCUT2D eigenvalue weighted by atomic mass is 10.1. The monoisotopic (exact) mass is 244 g/mol. The molecule has 4 heteroatoms. The van der Waals surface area contributed by atoms with Gasteiger partial charge >= 0.3 is 5.69 Å². The van der Waals surface area contributed by atoms with Crippen LogP contribution >= 0.6 is 0 Å². The van der Waals surface area contributed by atoms with Gasteiger partial charge in [-0.1, -0.05) is 6.07 Å². The lowest BCUT2D eigenvalue weighted by Crippen LogP contribution is -2.14. The summed E-state index contributed by atoms with van der Waals surface area (Å²) < 4.78 is 1.87. The molecule has 4 nitrogen and oxygen atoms in total. The summed E-state index contributed by atoms with van der Waals surface area (Å²) in [6.45, 7) is 0. The largest absolute Gasteiger partial charge is 0.390 e. The van der Waals surface area contributed by atoms with Gasteiger partial charge in [-0.15, -0.1) is 0 Å². The lowest BCUT2D eigenvalue weighted by Gasteiger charge is -2.07. The fourth-order valence-electron chi connectivity index (χ4n) is 2.68. The molecule has 1 aromatic carbocycles. The van der Waals surface area contributed by atoms with Crippen LogP contribution in [-0.2, 0) is 6.42 Å². The Kier molecular flexibility index (Phi) is 1.88. The summed E-state index contributed by atoms with van der Waals surface area (Å²) in [7, 11) is 0. The molecule has 18 heavy (non-hydrogen) atoms. The van der Waals surface area contributed by atoms with Crippen molar-refractivity contribution in [2.24, 2.45) is 0 Å². The second-order valence-electron chi connectivity index (χ2n) is 5.78. The molecule has 0 atom stereocenters. The fourth-order valence-corrected chi connectivity index (χ4v) is 2.68. The number of aromatic amines is 1. The first-order chi connectivity index (χ1) is 8.65. The number of imidazole rings is 1. The van der Waals surface area contributed by atoms with Crippen LogP contribution in [0.15, 0.2) is 23.0 Å². The van der Waals surface area contributed by atoms with Gasteiger partial charge in [0, 0.05) is 12.5 Å². The third-order valence-corrected chi connectivity index (χ3v) is 4.05. The van der Waals surface area contributed by atoms with Crippen molar-refractivity contribution in [3.05, 3.63) is 34.2 Å². The van der Waals surface area contributed by atoms with E-state index in [0.717, 1.165) is 42.3 Å². The number of H-pyrrole nitrogens is 1. The highest BCUT2D eigenvalue weighted by Crippen LogP contribution is 2.39. The van der Waals surface area contributed by atoms with Crippen LogP contribution in [0.5, 0.6) is 0 Å². The predicted octanol–water partition coefficient (Wildman–Crippen LogP) is 1.73. The molecule has 2 fully saturated rings. The minimum Gasteiger partial charge on any atom is -0.390 e. The highest BCUT2D eigenvalue weighted by Gasteiger charge is 2.40. The molecule has 1 aromatic heterocycles. The van der Waals surface area contributed by atoms with Crippen LogP contribution in [0, 0.1) is 0 Å². The van der Waals surface area contributed by atoms with Gasteiger partial charge in [0.05, 0.1) is 16.6 Å². The summed E-state index contributed by atoms with van der Waals surface area (Å²) in [4.78, 5) is 14.8. The van der Waals surface area contributed by atoms with Crippen molar-refractivity contribution >= 4 is 11.0 Å². The zero-order chi connectivity index (χ0) is 12.3. The summed E-state index contributed by atoms with van der Waals surface area (Å²) in [6.07, 6.45) is 4.69. The maximum absolute atomic E-state index is 11.9. The molecule has 1 heterocycles. The Balaban J connectivity index is 1.78. The molecule has 2 N–H and O–H groups in total. The Morgan fingerprint density at radius 3 is 2.83 bits per heavy atom. The van der Waals surface area contributed by atoms with E-state index in [1.807, 2.05) is 22.8 Å². The van der Waals surface area contributed by atoms with Crippen molar-refractivity contribution in [1.29, 1.82) is 0 Å². The minimum absolute atomic E-state index is 0.00483. The average molecular weight is 244 g/mol. The van der Waals surface area contributed by atoms with E-state index >= 15 is 0 Å². The summed E-state index contributed by atoms with van der Waals surface area (Å²) in [5.41, 5.74) is 2.51. The van der Waals surface area contributed by atoms with Crippen LogP contribution < -0.4 is 5.69 Å². The first-order valence-electron chi connectivity index (χ1n) is 6.60. The summed E-state index contributed by atoms with van der Waals surface area (Å²) in [5, 5.41) is 9.94. The van der Waals surface area contributed by atoms with Crippen molar-refractivity contribution in [1.82, 2.24) is 9.55 Å². The summed E-state index contributed by atoms with van der Waals surface area (Å²) in [5.74, 6) is 0. The SMILES string of the molecule is O=c1[nH]c2cc(CC3(O)CC3)ccc2n1C1CC1. The quantitative estimate of drug-likeness (QED) is 0.864. The summed E-state index contributed by atoms with van der Waals surface area (Å²) in [6, 6.07) is 6.44. The van der Waals surface area contributed by atoms with Gasteiger partial charge in [-0.3, -0.25) is 4.57 Å². The number of rotatable bonds is 3. The van der Waals surface area contributed by atoms with Crippen LogP contribution in [-0.4, -0.2) is 20.3 Å². The molecule has 2 saturated carbocycles. The van der Waals surface area contributed by atoms with Crippen molar-refractivity contribution in [3.8, 4) is 0 Å². The molecule has 0 radical (unpaired) electrons. The Hall–Kier alpha value is -1.55. The van der Waals surface area contributed by atoms with Gasteiger partial charge in [-0.2, -0.15) is 0 Å². The highest BCUT2D eigenvalue weighted by molar-refractivity contribution is 5.76. The molecule has 0 amide bonds. The molecule has 2 aliphatic rings. The zero-order valence-electron chi connectivity index (χ0n) is 10.1.